The molecular formula is C19H21N3O. The van der Waals surface area contributed by atoms with Crippen LogP contribution < -0.4 is 0 Å². The second kappa shape index (κ2) is 5.30. The van der Waals surface area contributed by atoms with Gasteiger partial charge < -0.3 is 13.9 Å². The van der Waals surface area contributed by atoms with Crippen molar-refractivity contribution in [3.63, 3.8) is 0 Å². The van der Waals surface area contributed by atoms with Crippen LogP contribution in [0.1, 0.15) is 29.1 Å². The van der Waals surface area contributed by atoms with Gasteiger partial charge in [-0.15, -0.1) is 0 Å². The van der Waals surface area contributed by atoms with Crippen molar-refractivity contribution in [2.75, 3.05) is 7.11 Å². The van der Waals surface area contributed by atoms with Crippen molar-refractivity contribution >= 4 is 11.8 Å². The Balaban J connectivity index is 1.75. The van der Waals surface area contributed by atoms with Crippen molar-refractivity contribution in [2.24, 2.45) is 19.1 Å². The van der Waals surface area contributed by atoms with E-state index in [2.05, 4.69) is 34.4 Å². The summed E-state index contributed by atoms with van der Waals surface area (Å²) in [5.41, 5.74) is 7.07. The molecule has 0 aromatic carbocycles. The molecule has 1 aliphatic carbocycles. The van der Waals surface area contributed by atoms with E-state index in [1.165, 1.54) is 36.2 Å². The van der Waals surface area contributed by atoms with Crippen LogP contribution in [0.15, 0.2) is 46.9 Å². The van der Waals surface area contributed by atoms with Crippen LogP contribution in [-0.2, 0) is 31.7 Å². The maximum atomic E-state index is 5.54. The van der Waals surface area contributed by atoms with Gasteiger partial charge >= 0.3 is 0 Å². The lowest BCUT2D eigenvalue weighted by Gasteiger charge is -2.05. The number of ether oxygens (including phenoxy) is 1. The third-order valence-corrected chi connectivity index (χ3v) is 4.82. The average Bonchev–Trinajstić information content (AvgIpc) is 3.27. The van der Waals surface area contributed by atoms with Crippen molar-refractivity contribution in [1.29, 1.82) is 0 Å². The Hall–Kier alpha value is -2.49. The molecular weight excluding hydrogens is 286 g/mol. The zero-order chi connectivity index (χ0) is 16.0. The zero-order valence-electron chi connectivity index (χ0n) is 13.8. The van der Waals surface area contributed by atoms with E-state index in [-0.39, 0.29) is 0 Å². The molecule has 2 aromatic rings. The lowest BCUT2D eigenvalue weighted by atomic mass is 10.2. The molecule has 118 valence electrons. The summed E-state index contributed by atoms with van der Waals surface area (Å²) in [6.45, 7) is 0. The fourth-order valence-electron chi connectivity index (χ4n) is 3.54. The molecule has 0 bridgehead atoms. The Labute approximate surface area is 136 Å². The summed E-state index contributed by atoms with van der Waals surface area (Å²) in [5.74, 6) is 0.822. The Bertz CT molecular complexity index is 861. The summed E-state index contributed by atoms with van der Waals surface area (Å²) in [7, 11) is 5.87. The second-order valence-corrected chi connectivity index (χ2v) is 6.20. The minimum absolute atomic E-state index is 0.822. The van der Waals surface area contributed by atoms with E-state index < -0.39 is 0 Å². The molecule has 4 heteroatoms. The first-order valence-corrected chi connectivity index (χ1v) is 8.03. The van der Waals surface area contributed by atoms with Crippen LogP contribution in [0.5, 0.6) is 0 Å². The Kier molecular flexibility index (Phi) is 3.26. The van der Waals surface area contributed by atoms with Gasteiger partial charge in [-0.2, -0.15) is 0 Å². The Morgan fingerprint density at radius 1 is 1.26 bits per heavy atom. The number of aromatic nitrogens is 2. The van der Waals surface area contributed by atoms with Crippen LogP contribution in [0.3, 0.4) is 0 Å². The number of aliphatic imine (C=N–C) groups is 1. The van der Waals surface area contributed by atoms with E-state index in [0.29, 0.717) is 0 Å². The molecule has 0 spiro atoms. The van der Waals surface area contributed by atoms with E-state index in [0.717, 1.165) is 22.9 Å². The van der Waals surface area contributed by atoms with Crippen molar-refractivity contribution in [2.45, 2.75) is 19.3 Å². The molecule has 2 aromatic heterocycles. The Morgan fingerprint density at radius 2 is 2.13 bits per heavy atom. The monoisotopic (exact) mass is 307 g/mol. The van der Waals surface area contributed by atoms with Gasteiger partial charge in [0.05, 0.1) is 18.5 Å². The molecule has 1 aliphatic heterocycles. The number of methoxy groups -OCH3 is 1. The number of rotatable bonds is 3. The third kappa shape index (κ3) is 2.25. The molecule has 4 rings (SSSR count). The van der Waals surface area contributed by atoms with Crippen LogP contribution in [0, 0.1) is 0 Å². The predicted molar refractivity (Wildman–Crippen MR) is 92.5 cm³/mol. The molecule has 0 unspecified atom stereocenters. The van der Waals surface area contributed by atoms with Gasteiger partial charge in [0.2, 0.25) is 0 Å². The fourth-order valence-corrected chi connectivity index (χ4v) is 3.54. The maximum Gasteiger partial charge on any atom is 0.146 e. The lowest BCUT2D eigenvalue weighted by molar-refractivity contribution is 0.303. The van der Waals surface area contributed by atoms with Crippen LogP contribution >= 0.6 is 0 Å². The highest BCUT2D eigenvalue weighted by molar-refractivity contribution is 6.11. The van der Waals surface area contributed by atoms with Gasteiger partial charge in [-0.1, -0.05) is 0 Å². The largest absolute Gasteiger partial charge is 0.494 e. The van der Waals surface area contributed by atoms with Gasteiger partial charge in [0, 0.05) is 37.8 Å². The topological polar surface area (TPSA) is 31.4 Å². The summed E-state index contributed by atoms with van der Waals surface area (Å²) in [5, 5.41) is 0. The van der Waals surface area contributed by atoms with E-state index in [1.54, 1.807) is 7.11 Å². The molecule has 0 saturated carbocycles. The van der Waals surface area contributed by atoms with Gasteiger partial charge in [-0.3, -0.25) is 0 Å². The summed E-state index contributed by atoms with van der Waals surface area (Å²) in [4.78, 5) is 4.79. The number of hydrogen-bond acceptors (Lipinski definition) is 2. The Morgan fingerprint density at radius 3 is 2.83 bits per heavy atom. The quantitative estimate of drug-likeness (QED) is 0.856. The van der Waals surface area contributed by atoms with Crippen LogP contribution in [0.4, 0.5) is 0 Å². The number of allylic oxidation sites excluding steroid dienone is 1. The highest BCUT2D eigenvalue weighted by Gasteiger charge is 2.20. The summed E-state index contributed by atoms with van der Waals surface area (Å²) in [6, 6.07) is 6.39. The number of aryl methyl sites for hydroxylation is 2. The van der Waals surface area contributed by atoms with Crippen molar-refractivity contribution in [1.82, 2.24) is 9.13 Å². The number of fused-ring (bicyclic) bond motifs is 1. The number of hydrogen-bond donors (Lipinski definition) is 0. The fraction of sp³-hybridized carbons (Fsp3) is 0.316. The maximum absolute atomic E-state index is 5.54. The second-order valence-electron chi connectivity index (χ2n) is 6.20. The van der Waals surface area contributed by atoms with E-state index in [1.807, 2.05) is 25.4 Å². The molecule has 4 nitrogen and oxygen atoms in total. The highest BCUT2D eigenvalue weighted by Crippen LogP contribution is 2.29. The smallest absolute Gasteiger partial charge is 0.146 e. The average molecular weight is 307 g/mol. The van der Waals surface area contributed by atoms with Crippen molar-refractivity contribution in [3.05, 3.63) is 64.6 Å². The van der Waals surface area contributed by atoms with Gasteiger partial charge in [0.15, 0.2) is 0 Å². The molecule has 23 heavy (non-hydrogen) atoms. The molecule has 2 aliphatic rings. The predicted octanol–water partition coefficient (Wildman–Crippen LogP) is 3.23. The van der Waals surface area contributed by atoms with Gasteiger partial charge in [-0.25, -0.2) is 4.99 Å². The first kappa shape index (κ1) is 14.1. The highest BCUT2D eigenvalue weighted by atomic mass is 16.5. The third-order valence-electron chi connectivity index (χ3n) is 4.82. The molecule has 3 heterocycles. The molecule has 0 fully saturated rings. The van der Waals surface area contributed by atoms with Gasteiger partial charge in [0.25, 0.3) is 0 Å². The van der Waals surface area contributed by atoms with Gasteiger partial charge in [0.1, 0.15) is 11.5 Å². The van der Waals surface area contributed by atoms with E-state index in [9.17, 15) is 0 Å². The normalized spacial score (nSPS) is 18.3. The zero-order valence-corrected chi connectivity index (χ0v) is 13.8. The minimum Gasteiger partial charge on any atom is -0.494 e. The van der Waals surface area contributed by atoms with Gasteiger partial charge in [-0.05, 0) is 49.1 Å². The molecule has 0 N–H and O–H groups in total. The van der Waals surface area contributed by atoms with Crippen molar-refractivity contribution in [3.8, 4) is 0 Å². The first-order chi connectivity index (χ1) is 11.2. The minimum atomic E-state index is 0.822. The summed E-state index contributed by atoms with van der Waals surface area (Å²) in [6.07, 6.45) is 9.81. The lowest BCUT2D eigenvalue weighted by Crippen LogP contribution is -2.01. The molecule has 0 atom stereocenters. The first-order valence-electron chi connectivity index (χ1n) is 8.03. The van der Waals surface area contributed by atoms with E-state index >= 15 is 0 Å². The standard InChI is InChI=1S/C19H21N3O/c1-21-9-5-8-18(21)15-12-19(23-3)16(20-15)11-14-10-13-6-4-7-17(13)22(14)2/h5,8-12H,4,6-7H2,1-3H3/b16-11+. The number of nitrogens with zero attached hydrogens (tertiary/aromatic N) is 3. The van der Waals surface area contributed by atoms with E-state index in [4.69, 9.17) is 9.73 Å². The summed E-state index contributed by atoms with van der Waals surface area (Å²) < 4.78 is 9.90. The SMILES string of the molecule is COC1=CC(c2cccn2C)=N/C1=C/c1cc2c(n1C)CCC2. The summed E-state index contributed by atoms with van der Waals surface area (Å²) >= 11 is 0. The van der Waals surface area contributed by atoms with Crippen LogP contribution in [0.25, 0.3) is 6.08 Å². The molecule has 0 saturated heterocycles. The van der Waals surface area contributed by atoms with Crippen LogP contribution in [-0.4, -0.2) is 22.0 Å². The molecule has 0 amide bonds. The molecule has 0 radical (unpaired) electrons. The van der Waals surface area contributed by atoms with Crippen LogP contribution in [0.2, 0.25) is 0 Å². The van der Waals surface area contributed by atoms with Crippen molar-refractivity contribution < 1.29 is 4.74 Å².